The van der Waals surface area contributed by atoms with Gasteiger partial charge in [0.2, 0.25) is 0 Å². The summed E-state index contributed by atoms with van der Waals surface area (Å²) in [6.07, 6.45) is 47.4. The first-order valence-corrected chi connectivity index (χ1v) is 20.6. The van der Waals surface area contributed by atoms with Crippen molar-refractivity contribution in [3.8, 4) is 0 Å². The normalized spacial score (nSPS) is 11.4. The van der Waals surface area contributed by atoms with Crippen molar-refractivity contribution in [3.05, 3.63) is 29.8 Å². The summed E-state index contributed by atoms with van der Waals surface area (Å²) in [7, 11) is 2.27. The van der Waals surface area contributed by atoms with Crippen LogP contribution in [0.3, 0.4) is 0 Å². The van der Waals surface area contributed by atoms with Gasteiger partial charge in [-0.15, -0.1) is 0 Å². The first-order chi connectivity index (χ1) is 21.8. The van der Waals surface area contributed by atoms with Crippen LogP contribution in [0.5, 0.6) is 0 Å². The lowest BCUT2D eigenvalue weighted by atomic mass is 10.0. The number of benzene rings is 1. The van der Waals surface area contributed by atoms with E-state index >= 15 is 0 Å². The molecule has 0 radical (unpaired) electrons. The van der Waals surface area contributed by atoms with Crippen LogP contribution in [0.15, 0.2) is 24.3 Å². The fourth-order valence-electron chi connectivity index (χ4n) is 6.82. The Morgan fingerprint density at radius 2 is 0.614 bits per heavy atom. The van der Waals surface area contributed by atoms with Gasteiger partial charge in [-0.05, 0) is 37.0 Å². The van der Waals surface area contributed by atoms with Crippen LogP contribution in [0.25, 0.3) is 0 Å². The van der Waals surface area contributed by atoms with Crippen LogP contribution in [-0.4, -0.2) is 13.6 Å². The molecule has 0 saturated heterocycles. The molecule has 0 saturated carbocycles. The number of aryl methyl sites for hydroxylation is 1. The Morgan fingerprint density at radius 3 is 0.932 bits per heavy atom. The fourth-order valence-corrected chi connectivity index (χ4v) is 6.82. The van der Waals surface area contributed by atoms with E-state index < -0.39 is 0 Å². The maximum absolute atomic E-state index is 2.46. The zero-order chi connectivity index (χ0) is 31.6. The minimum atomic E-state index is 1.19. The molecule has 0 aliphatic heterocycles. The molecule has 0 aliphatic carbocycles. The highest BCUT2D eigenvalue weighted by Crippen LogP contribution is 2.19. The number of anilines is 1. The summed E-state index contributed by atoms with van der Waals surface area (Å²) in [5, 5.41) is 0. The third-order valence-corrected chi connectivity index (χ3v) is 10.0. The summed E-state index contributed by atoms with van der Waals surface area (Å²) in [4.78, 5) is 2.46. The van der Waals surface area contributed by atoms with E-state index in [4.69, 9.17) is 0 Å². The molecular formula is C43H81N. The second-order valence-electron chi connectivity index (χ2n) is 14.4. The van der Waals surface area contributed by atoms with Gasteiger partial charge in [-0.3, -0.25) is 0 Å². The molecule has 1 heteroatoms. The van der Waals surface area contributed by atoms with E-state index in [1.807, 2.05) is 0 Å². The van der Waals surface area contributed by atoms with Crippen molar-refractivity contribution in [1.82, 2.24) is 0 Å². The van der Waals surface area contributed by atoms with Gasteiger partial charge in [-0.25, -0.2) is 0 Å². The highest BCUT2D eigenvalue weighted by atomic mass is 15.1. The molecule has 258 valence electrons. The van der Waals surface area contributed by atoms with Crippen LogP contribution in [0.1, 0.15) is 225 Å². The number of unbranched alkanes of at least 4 members (excludes halogenated alkanes) is 30. The Bertz CT molecular complexity index is 664. The van der Waals surface area contributed by atoms with E-state index in [1.54, 1.807) is 0 Å². The van der Waals surface area contributed by atoms with Crippen molar-refractivity contribution in [2.75, 3.05) is 18.5 Å². The summed E-state index contributed by atoms with van der Waals surface area (Å²) in [6, 6.07) is 9.47. The monoisotopic (exact) mass is 612 g/mol. The van der Waals surface area contributed by atoms with Crippen molar-refractivity contribution in [1.29, 1.82) is 0 Å². The minimum Gasteiger partial charge on any atom is -0.375 e. The molecule has 1 aromatic carbocycles. The fraction of sp³-hybridized carbons (Fsp3) is 0.860. The number of rotatable bonds is 35. The van der Waals surface area contributed by atoms with Crippen molar-refractivity contribution >= 4 is 5.69 Å². The number of hydrogen-bond donors (Lipinski definition) is 0. The van der Waals surface area contributed by atoms with Crippen LogP contribution in [0.2, 0.25) is 0 Å². The maximum Gasteiger partial charge on any atom is 0.0363 e. The van der Waals surface area contributed by atoms with Gasteiger partial charge < -0.3 is 4.90 Å². The zero-order valence-corrected chi connectivity index (χ0v) is 30.8. The van der Waals surface area contributed by atoms with Gasteiger partial charge in [0.1, 0.15) is 0 Å². The lowest BCUT2D eigenvalue weighted by molar-refractivity contribution is 0.529. The Morgan fingerprint density at radius 1 is 0.341 bits per heavy atom. The SMILES string of the molecule is CCCCCCCCCCCCCCCCCCc1ccc(N(C)CCCCCCCCCCCCCCCCCC)cc1. The molecule has 0 bridgehead atoms. The van der Waals surface area contributed by atoms with Gasteiger partial charge in [-0.2, -0.15) is 0 Å². The summed E-state index contributed by atoms with van der Waals surface area (Å²) in [5.74, 6) is 0. The Balaban J connectivity index is 1.86. The third-order valence-electron chi connectivity index (χ3n) is 10.0. The summed E-state index contributed by atoms with van der Waals surface area (Å²) < 4.78 is 0. The maximum atomic E-state index is 2.46. The second-order valence-corrected chi connectivity index (χ2v) is 14.4. The molecule has 0 N–H and O–H groups in total. The standard InChI is InChI=1S/C43H81N/c1-4-6-8-10-12-14-16-18-20-22-24-26-28-30-32-34-36-42-37-39-43(40-38-42)44(3)41-35-33-31-29-27-25-23-21-19-17-15-13-11-9-7-5-2/h37-40H,4-36,41H2,1-3H3. The van der Waals surface area contributed by atoms with Gasteiger partial charge in [0.05, 0.1) is 0 Å². The third kappa shape index (κ3) is 27.3. The Kier molecular flexibility index (Phi) is 31.1. The van der Waals surface area contributed by atoms with Crippen LogP contribution in [-0.2, 0) is 6.42 Å². The molecule has 0 aromatic heterocycles. The van der Waals surface area contributed by atoms with Crippen LogP contribution < -0.4 is 4.90 Å². The Hall–Kier alpha value is -0.980. The number of hydrogen-bond acceptors (Lipinski definition) is 1. The Labute approximate surface area is 279 Å². The van der Waals surface area contributed by atoms with Gasteiger partial charge >= 0.3 is 0 Å². The van der Waals surface area contributed by atoms with Crippen molar-refractivity contribution < 1.29 is 0 Å². The minimum absolute atomic E-state index is 1.19. The highest BCUT2D eigenvalue weighted by molar-refractivity contribution is 5.46. The lowest BCUT2D eigenvalue weighted by Crippen LogP contribution is -2.18. The molecule has 0 fully saturated rings. The highest BCUT2D eigenvalue weighted by Gasteiger charge is 2.02. The molecule has 0 atom stereocenters. The average Bonchev–Trinajstić information content (AvgIpc) is 3.04. The van der Waals surface area contributed by atoms with Gasteiger partial charge in [-0.1, -0.05) is 219 Å². The zero-order valence-electron chi connectivity index (χ0n) is 30.8. The first-order valence-electron chi connectivity index (χ1n) is 20.6. The molecule has 1 nitrogen and oxygen atoms in total. The quantitative estimate of drug-likeness (QED) is 0.0690. The van der Waals surface area contributed by atoms with Crippen molar-refractivity contribution in [2.45, 2.75) is 226 Å². The largest absolute Gasteiger partial charge is 0.375 e. The molecule has 1 aromatic rings. The average molecular weight is 612 g/mol. The summed E-state index contributed by atoms with van der Waals surface area (Å²) in [5.41, 5.74) is 2.91. The van der Waals surface area contributed by atoms with Gasteiger partial charge in [0, 0.05) is 19.3 Å². The van der Waals surface area contributed by atoms with E-state index in [9.17, 15) is 0 Å². The second kappa shape index (κ2) is 33.4. The molecular weight excluding hydrogens is 530 g/mol. The summed E-state index contributed by atoms with van der Waals surface area (Å²) >= 11 is 0. The predicted molar refractivity (Wildman–Crippen MR) is 203 cm³/mol. The predicted octanol–water partition coefficient (Wildman–Crippen LogP) is 15.2. The topological polar surface area (TPSA) is 3.24 Å². The molecule has 44 heavy (non-hydrogen) atoms. The first kappa shape index (κ1) is 41.0. The van der Waals surface area contributed by atoms with Crippen molar-refractivity contribution in [2.24, 2.45) is 0 Å². The lowest BCUT2D eigenvalue weighted by Gasteiger charge is -2.19. The molecule has 1 rings (SSSR count). The van der Waals surface area contributed by atoms with E-state index in [2.05, 4.69) is 50.1 Å². The molecule has 0 aliphatic rings. The molecule has 0 amide bonds. The molecule has 0 heterocycles. The van der Waals surface area contributed by atoms with Crippen LogP contribution >= 0.6 is 0 Å². The smallest absolute Gasteiger partial charge is 0.0363 e. The van der Waals surface area contributed by atoms with Crippen LogP contribution in [0.4, 0.5) is 5.69 Å². The van der Waals surface area contributed by atoms with E-state index in [0.717, 1.165) is 0 Å². The van der Waals surface area contributed by atoms with E-state index in [1.165, 1.54) is 230 Å². The van der Waals surface area contributed by atoms with Gasteiger partial charge in [0.15, 0.2) is 0 Å². The summed E-state index contributed by atoms with van der Waals surface area (Å²) in [6.45, 7) is 5.80. The van der Waals surface area contributed by atoms with E-state index in [0.29, 0.717) is 0 Å². The van der Waals surface area contributed by atoms with Crippen molar-refractivity contribution in [3.63, 3.8) is 0 Å². The molecule has 0 unspecified atom stereocenters. The number of nitrogens with zero attached hydrogens (tertiary/aromatic N) is 1. The van der Waals surface area contributed by atoms with E-state index in [-0.39, 0.29) is 0 Å². The molecule has 0 spiro atoms. The van der Waals surface area contributed by atoms with Crippen LogP contribution in [0, 0.1) is 0 Å². The van der Waals surface area contributed by atoms with Gasteiger partial charge in [0.25, 0.3) is 0 Å².